The zero-order chi connectivity index (χ0) is 17.9. The Labute approximate surface area is 137 Å². The predicted octanol–water partition coefficient (Wildman–Crippen LogP) is 5.76. The standard InChI is InChI=1S/C20H36O2/c1-16(2,3)14(17(4,5)6)13-15(21)20(22-13,18(7,8)9)19(10,11)12/h1-12H3. The lowest BCUT2D eigenvalue weighted by Gasteiger charge is -2.59. The molecule has 0 bridgehead atoms. The van der Waals surface area contributed by atoms with Crippen LogP contribution in [0.3, 0.4) is 0 Å². The SMILES string of the molecule is CC(C)(C)C(=C1OC(C(C)(C)C)(C(C)(C)C)C1=O)C(C)(C)C. The van der Waals surface area contributed by atoms with Crippen LogP contribution < -0.4 is 0 Å². The zero-order valence-electron chi connectivity index (χ0n) is 16.8. The molecule has 22 heavy (non-hydrogen) atoms. The van der Waals surface area contributed by atoms with E-state index in [-0.39, 0.29) is 27.4 Å². The maximum absolute atomic E-state index is 13.3. The lowest BCUT2D eigenvalue weighted by Crippen LogP contribution is -2.68. The zero-order valence-corrected chi connectivity index (χ0v) is 16.8. The van der Waals surface area contributed by atoms with Crippen LogP contribution in [0.1, 0.15) is 83.1 Å². The molecule has 0 N–H and O–H groups in total. The second kappa shape index (κ2) is 4.85. The maximum Gasteiger partial charge on any atom is 0.241 e. The van der Waals surface area contributed by atoms with E-state index in [2.05, 4.69) is 83.1 Å². The van der Waals surface area contributed by atoms with Gasteiger partial charge in [-0.1, -0.05) is 83.1 Å². The van der Waals surface area contributed by atoms with Crippen LogP contribution in [-0.4, -0.2) is 11.4 Å². The minimum absolute atomic E-state index is 0.0921. The van der Waals surface area contributed by atoms with E-state index in [0.29, 0.717) is 5.76 Å². The molecule has 0 unspecified atom stereocenters. The van der Waals surface area contributed by atoms with Gasteiger partial charge >= 0.3 is 0 Å². The average Bonchev–Trinajstić information content (AvgIpc) is 2.14. The molecule has 0 aromatic heterocycles. The van der Waals surface area contributed by atoms with Crippen molar-refractivity contribution in [3.63, 3.8) is 0 Å². The Hall–Kier alpha value is -0.790. The lowest BCUT2D eigenvalue weighted by atomic mass is 9.56. The molecule has 1 rings (SSSR count). The Morgan fingerprint density at radius 1 is 0.727 bits per heavy atom. The van der Waals surface area contributed by atoms with Crippen LogP contribution in [0.4, 0.5) is 0 Å². The summed E-state index contributed by atoms with van der Waals surface area (Å²) in [5, 5.41) is 0. The summed E-state index contributed by atoms with van der Waals surface area (Å²) in [7, 11) is 0. The number of hydrogen-bond acceptors (Lipinski definition) is 2. The van der Waals surface area contributed by atoms with Crippen molar-refractivity contribution in [1.29, 1.82) is 0 Å². The van der Waals surface area contributed by atoms with Crippen molar-refractivity contribution in [2.24, 2.45) is 21.7 Å². The van der Waals surface area contributed by atoms with Gasteiger partial charge in [-0.25, -0.2) is 0 Å². The number of Topliss-reactive ketones (excluding diaryl/α,β-unsaturated/α-hetero) is 1. The third-order valence-corrected chi connectivity index (χ3v) is 4.62. The van der Waals surface area contributed by atoms with Crippen LogP contribution in [0.25, 0.3) is 0 Å². The molecule has 0 aliphatic carbocycles. The summed E-state index contributed by atoms with van der Waals surface area (Å²) in [6, 6.07) is 0. The molecule has 1 aliphatic heterocycles. The van der Waals surface area contributed by atoms with Gasteiger partial charge in [0.1, 0.15) is 0 Å². The van der Waals surface area contributed by atoms with E-state index in [1.54, 1.807) is 0 Å². The van der Waals surface area contributed by atoms with Crippen LogP contribution in [0.15, 0.2) is 11.3 Å². The monoisotopic (exact) mass is 308 g/mol. The summed E-state index contributed by atoms with van der Waals surface area (Å²) in [6.45, 7) is 25.5. The number of hydrogen-bond donors (Lipinski definition) is 0. The van der Waals surface area contributed by atoms with Gasteiger partial charge in [-0.3, -0.25) is 4.79 Å². The number of carbonyl (C=O) groups is 1. The highest BCUT2D eigenvalue weighted by Crippen LogP contribution is 2.58. The Kier molecular flexibility index (Phi) is 4.25. The fourth-order valence-corrected chi connectivity index (χ4v) is 4.44. The highest BCUT2D eigenvalue weighted by molar-refractivity contribution is 6.07. The molecule has 0 atom stereocenters. The van der Waals surface area contributed by atoms with Crippen molar-refractivity contribution in [3.05, 3.63) is 11.3 Å². The van der Waals surface area contributed by atoms with E-state index in [1.165, 1.54) is 0 Å². The smallest absolute Gasteiger partial charge is 0.241 e. The first-order chi connectivity index (χ1) is 9.37. The summed E-state index contributed by atoms with van der Waals surface area (Å²) in [6.07, 6.45) is 0. The second-order valence-electron chi connectivity index (χ2n) is 10.8. The number of ether oxygens (including phenoxy) is 1. The van der Waals surface area contributed by atoms with E-state index in [0.717, 1.165) is 5.57 Å². The van der Waals surface area contributed by atoms with E-state index in [1.807, 2.05) is 0 Å². The van der Waals surface area contributed by atoms with Gasteiger partial charge in [0.15, 0.2) is 11.4 Å². The van der Waals surface area contributed by atoms with Gasteiger partial charge in [-0.15, -0.1) is 0 Å². The molecule has 0 amide bonds. The molecule has 0 spiro atoms. The second-order valence-corrected chi connectivity index (χ2v) is 10.8. The number of ketones is 1. The number of rotatable bonds is 0. The van der Waals surface area contributed by atoms with Gasteiger partial charge in [0.05, 0.1) is 0 Å². The van der Waals surface area contributed by atoms with Crippen molar-refractivity contribution in [3.8, 4) is 0 Å². The Balaban J connectivity index is 3.55. The third-order valence-electron chi connectivity index (χ3n) is 4.62. The van der Waals surface area contributed by atoms with E-state index >= 15 is 0 Å². The Morgan fingerprint density at radius 2 is 1.05 bits per heavy atom. The first-order valence-electron chi connectivity index (χ1n) is 8.36. The molecule has 0 aromatic carbocycles. The van der Waals surface area contributed by atoms with Gasteiger partial charge in [-0.2, -0.15) is 0 Å². The molecular weight excluding hydrogens is 272 g/mol. The van der Waals surface area contributed by atoms with Crippen molar-refractivity contribution in [1.82, 2.24) is 0 Å². The van der Waals surface area contributed by atoms with Crippen LogP contribution in [-0.2, 0) is 9.53 Å². The summed E-state index contributed by atoms with van der Waals surface area (Å²) in [5.41, 5.74) is -0.304. The fourth-order valence-electron chi connectivity index (χ4n) is 4.44. The van der Waals surface area contributed by atoms with Crippen molar-refractivity contribution in [2.45, 2.75) is 88.7 Å². The Bertz CT molecular complexity index is 464. The van der Waals surface area contributed by atoms with Crippen LogP contribution in [0, 0.1) is 21.7 Å². The van der Waals surface area contributed by atoms with Gasteiger partial charge < -0.3 is 4.74 Å². The Morgan fingerprint density at radius 3 is 1.23 bits per heavy atom. The summed E-state index contributed by atoms with van der Waals surface area (Å²) >= 11 is 0. The first-order valence-corrected chi connectivity index (χ1v) is 8.36. The van der Waals surface area contributed by atoms with Crippen molar-refractivity contribution in [2.75, 3.05) is 0 Å². The predicted molar refractivity (Wildman–Crippen MR) is 93.7 cm³/mol. The quantitative estimate of drug-likeness (QED) is 0.531. The highest BCUT2D eigenvalue weighted by Gasteiger charge is 2.67. The fraction of sp³-hybridized carbons (Fsp3) is 0.850. The van der Waals surface area contributed by atoms with Crippen LogP contribution in [0.2, 0.25) is 0 Å². The molecule has 128 valence electrons. The maximum atomic E-state index is 13.3. The normalized spacial score (nSPS) is 19.6. The van der Waals surface area contributed by atoms with E-state index < -0.39 is 5.60 Å². The van der Waals surface area contributed by atoms with E-state index in [4.69, 9.17) is 4.74 Å². The van der Waals surface area contributed by atoms with Gasteiger partial charge in [0.25, 0.3) is 0 Å². The molecule has 1 heterocycles. The molecule has 0 saturated carbocycles. The van der Waals surface area contributed by atoms with Crippen molar-refractivity contribution >= 4 is 5.78 Å². The summed E-state index contributed by atoms with van der Waals surface area (Å²) < 4.78 is 6.41. The molecule has 0 aromatic rings. The molecule has 2 heteroatoms. The minimum Gasteiger partial charge on any atom is -0.474 e. The highest BCUT2D eigenvalue weighted by atomic mass is 16.5. The molecule has 0 radical (unpaired) electrons. The third kappa shape index (κ3) is 2.74. The first kappa shape index (κ1) is 19.3. The number of allylic oxidation sites excluding steroid dienone is 1. The summed E-state index contributed by atoms with van der Waals surface area (Å²) in [4.78, 5) is 13.3. The molecule has 2 nitrogen and oxygen atoms in total. The average molecular weight is 309 g/mol. The number of carbonyl (C=O) groups excluding carboxylic acids is 1. The largest absolute Gasteiger partial charge is 0.474 e. The minimum atomic E-state index is -0.753. The van der Waals surface area contributed by atoms with E-state index in [9.17, 15) is 4.79 Å². The summed E-state index contributed by atoms with van der Waals surface area (Å²) in [5.74, 6) is 0.775. The van der Waals surface area contributed by atoms with Crippen LogP contribution in [0.5, 0.6) is 0 Å². The van der Waals surface area contributed by atoms with Crippen LogP contribution >= 0.6 is 0 Å². The molecule has 1 aliphatic rings. The lowest BCUT2D eigenvalue weighted by molar-refractivity contribution is -0.211. The van der Waals surface area contributed by atoms with Gasteiger partial charge in [0, 0.05) is 10.8 Å². The molecule has 1 saturated heterocycles. The molecular formula is C20H36O2. The van der Waals surface area contributed by atoms with Gasteiger partial charge in [0.2, 0.25) is 5.78 Å². The van der Waals surface area contributed by atoms with Gasteiger partial charge in [-0.05, 0) is 16.4 Å². The molecule has 1 fully saturated rings. The van der Waals surface area contributed by atoms with Crippen molar-refractivity contribution < 1.29 is 9.53 Å². The topological polar surface area (TPSA) is 26.3 Å².